The maximum Gasteiger partial charge on any atom is 0.404 e. The Hall–Kier alpha value is -1.78. The maximum absolute atomic E-state index is 12.8. The van der Waals surface area contributed by atoms with Gasteiger partial charge < -0.3 is 15.5 Å². The number of phenols is 1. The quantitative estimate of drug-likeness (QED) is 0.688. The van der Waals surface area contributed by atoms with Crippen molar-refractivity contribution in [2.24, 2.45) is 0 Å². The highest BCUT2D eigenvalue weighted by atomic mass is 19.1. The van der Waals surface area contributed by atoms with Gasteiger partial charge in [0.15, 0.2) is 11.6 Å². The lowest BCUT2D eigenvalue weighted by molar-refractivity contribution is 0.194. The van der Waals surface area contributed by atoms with Crippen molar-refractivity contribution in [2.45, 2.75) is 6.42 Å². The molecule has 1 amide bonds. The van der Waals surface area contributed by atoms with Crippen LogP contribution >= 0.6 is 0 Å². The summed E-state index contributed by atoms with van der Waals surface area (Å²) in [4.78, 5) is 10.1. The molecule has 0 fully saturated rings. The van der Waals surface area contributed by atoms with Crippen LogP contribution in [0.4, 0.5) is 9.18 Å². The molecule has 0 saturated heterocycles. The number of hydrogen-bond donors (Lipinski definition) is 3. The van der Waals surface area contributed by atoms with E-state index < -0.39 is 17.7 Å². The van der Waals surface area contributed by atoms with Crippen LogP contribution in [0.25, 0.3) is 0 Å². The summed E-state index contributed by atoms with van der Waals surface area (Å²) in [6, 6.07) is 3.96. The summed E-state index contributed by atoms with van der Waals surface area (Å²) in [5.74, 6) is -1.10. The van der Waals surface area contributed by atoms with E-state index >= 15 is 0 Å². The van der Waals surface area contributed by atoms with E-state index in [0.29, 0.717) is 12.0 Å². The molecule has 0 aliphatic heterocycles. The van der Waals surface area contributed by atoms with Crippen LogP contribution in [0.5, 0.6) is 5.75 Å². The average molecular weight is 199 g/mol. The minimum Gasteiger partial charge on any atom is -0.505 e. The average Bonchev–Trinajstić information content (AvgIpc) is 2.10. The van der Waals surface area contributed by atoms with Gasteiger partial charge in [-0.2, -0.15) is 0 Å². The molecule has 0 aromatic heterocycles. The number of halogens is 1. The molecule has 0 spiro atoms. The van der Waals surface area contributed by atoms with E-state index in [1.807, 2.05) is 0 Å². The molecule has 4 nitrogen and oxygen atoms in total. The number of rotatable bonds is 3. The van der Waals surface area contributed by atoms with Crippen molar-refractivity contribution in [2.75, 3.05) is 6.54 Å². The number of carboxylic acid groups (broad SMARTS) is 1. The molecule has 1 rings (SSSR count). The third-order valence-corrected chi connectivity index (χ3v) is 1.70. The summed E-state index contributed by atoms with van der Waals surface area (Å²) in [5, 5.41) is 19.3. The van der Waals surface area contributed by atoms with Crippen LogP contribution in [-0.2, 0) is 6.42 Å². The standard InChI is InChI=1S/C9H10FNO3/c10-7-5-6(1-2-8(7)12)3-4-11-9(13)14/h1-2,5,11-12H,3-4H2,(H,13,14). The zero-order valence-electron chi connectivity index (χ0n) is 7.33. The van der Waals surface area contributed by atoms with Crippen molar-refractivity contribution < 1.29 is 19.4 Å². The van der Waals surface area contributed by atoms with E-state index in [-0.39, 0.29) is 6.54 Å². The van der Waals surface area contributed by atoms with Gasteiger partial charge in [-0.3, -0.25) is 0 Å². The van der Waals surface area contributed by atoms with Gasteiger partial charge in [0, 0.05) is 6.54 Å². The SMILES string of the molecule is O=C(O)NCCc1ccc(O)c(F)c1. The summed E-state index contributed by atoms with van der Waals surface area (Å²) >= 11 is 0. The van der Waals surface area contributed by atoms with Gasteiger partial charge in [-0.25, -0.2) is 9.18 Å². The molecule has 3 N–H and O–H groups in total. The van der Waals surface area contributed by atoms with Gasteiger partial charge >= 0.3 is 6.09 Å². The normalized spacial score (nSPS) is 9.79. The molecular weight excluding hydrogens is 189 g/mol. The predicted octanol–water partition coefficient (Wildman–Crippen LogP) is 1.34. The summed E-state index contributed by atoms with van der Waals surface area (Å²) < 4.78 is 12.8. The maximum atomic E-state index is 12.8. The fourth-order valence-electron chi connectivity index (χ4n) is 1.02. The van der Waals surface area contributed by atoms with Gasteiger partial charge in [0.05, 0.1) is 0 Å². The first-order valence-corrected chi connectivity index (χ1v) is 4.04. The molecule has 1 aromatic carbocycles. The molecule has 0 heterocycles. The second-order valence-corrected chi connectivity index (χ2v) is 2.77. The smallest absolute Gasteiger partial charge is 0.404 e. The van der Waals surface area contributed by atoms with Crippen LogP contribution in [0.3, 0.4) is 0 Å². The Balaban J connectivity index is 2.51. The minimum absolute atomic E-state index is 0.222. The van der Waals surface area contributed by atoms with Gasteiger partial charge in [-0.05, 0) is 24.1 Å². The highest BCUT2D eigenvalue weighted by Crippen LogP contribution is 2.16. The molecule has 0 atom stereocenters. The first-order valence-electron chi connectivity index (χ1n) is 4.04. The molecule has 76 valence electrons. The van der Waals surface area contributed by atoms with E-state index in [4.69, 9.17) is 10.2 Å². The molecule has 0 radical (unpaired) electrons. The third-order valence-electron chi connectivity index (χ3n) is 1.70. The molecule has 1 aromatic rings. The lowest BCUT2D eigenvalue weighted by Crippen LogP contribution is -2.23. The van der Waals surface area contributed by atoms with Crippen LogP contribution in [0, 0.1) is 5.82 Å². The Kier molecular flexibility index (Phi) is 3.28. The predicted molar refractivity (Wildman–Crippen MR) is 47.8 cm³/mol. The molecule has 0 bridgehead atoms. The topological polar surface area (TPSA) is 69.6 Å². The van der Waals surface area contributed by atoms with Crippen molar-refractivity contribution in [3.8, 4) is 5.75 Å². The zero-order chi connectivity index (χ0) is 10.6. The number of amides is 1. The van der Waals surface area contributed by atoms with Crippen LogP contribution in [0.2, 0.25) is 0 Å². The van der Waals surface area contributed by atoms with E-state index in [1.165, 1.54) is 12.1 Å². The van der Waals surface area contributed by atoms with Crippen LogP contribution in [0.15, 0.2) is 18.2 Å². The van der Waals surface area contributed by atoms with Gasteiger partial charge in [-0.1, -0.05) is 6.07 Å². The monoisotopic (exact) mass is 199 g/mol. The second kappa shape index (κ2) is 4.45. The van der Waals surface area contributed by atoms with Crippen molar-refractivity contribution in [3.63, 3.8) is 0 Å². The first-order chi connectivity index (χ1) is 6.59. The molecule has 5 heteroatoms. The number of aromatic hydroxyl groups is 1. The van der Waals surface area contributed by atoms with Gasteiger partial charge in [0.1, 0.15) is 0 Å². The first kappa shape index (κ1) is 10.3. The Labute approximate surface area is 80.0 Å². The summed E-state index contributed by atoms with van der Waals surface area (Å²) in [5.41, 5.74) is 0.633. The Morgan fingerprint density at radius 3 is 2.79 bits per heavy atom. The number of carbonyl (C=O) groups is 1. The molecule has 0 aliphatic rings. The number of benzene rings is 1. The summed E-state index contributed by atoms with van der Waals surface area (Å²) in [6.07, 6.45) is -0.715. The van der Waals surface area contributed by atoms with Gasteiger partial charge in [-0.15, -0.1) is 0 Å². The second-order valence-electron chi connectivity index (χ2n) is 2.77. The molecule has 0 aliphatic carbocycles. The Morgan fingerprint density at radius 2 is 2.21 bits per heavy atom. The van der Waals surface area contributed by atoms with E-state index in [0.717, 1.165) is 0 Å². The third kappa shape index (κ3) is 2.93. The highest BCUT2D eigenvalue weighted by Gasteiger charge is 2.01. The van der Waals surface area contributed by atoms with Crippen molar-refractivity contribution >= 4 is 6.09 Å². The molecule has 0 saturated carbocycles. The largest absolute Gasteiger partial charge is 0.505 e. The summed E-state index contributed by atoms with van der Waals surface area (Å²) in [7, 11) is 0. The number of hydrogen-bond acceptors (Lipinski definition) is 2. The van der Waals surface area contributed by atoms with Crippen molar-refractivity contribution in [1.82, 2.24) is 5.32 Å². The van der Waals surface area contributed by atoms with Crippen LogP contribution < -0.4 is 5.32 Å². The van der Waals surface area contributed by atoms with Crippen LogP contribution in [-0.4, -0.2) is 22.9 Å². The van der Waals surface area contributed by atoms with Gasteiger partial charge in [0.2, 0.25) is 0 Å². The lowest BCUT2D eigenvalue weighted by atomic mass is 10.1. The fourth-order valence-corrected chi connectivity index (χ4v) is 1.02. The highest BCUT2D eigenvalue weighted by molar-refractivity contribution is 5.64. The summed E-state index contributed by atoms with van der Waals surface area (Å²) in [6.45, 7) is 0.222. The Morgan fingerprint density at radius 1 is 1.50 bits per heavy atom. The number of nitrogens with one attached hydrogen (secondary N) is 1. The van der Waals surface area contributed by atoms with Crippen molar-refractivity contribution in [3.05, 3.63) is 29.6 Å². The molecule has 0 unspecified atom stereocenters. The zero-order valence-corrected chi connectivity index (χ0v) is 7.33. The van der Waals surface area contributed by atoms with Gasteiger partial charge in [0.25, 0.3) is 0 Å². The van der Waals surface area contributed by atoms with Crippen molar-refractivity contribution in [1.29, 1.82) is 0 Å². The van der Waals surface area contributed by atoms with Crippen LogP contribution in [0.1, 0.15) is 5.56 Å². The van der Waals surface area contributed by atoms with E-state index in [2.05, 4.69) is 5.32 Å². The molecule has 14 heavy (non-hydrogen) atoms. The fraction of sp³-hybridized carbons (Fsp3) is 0.222. The minimum atomic E-state index is -1.11. The molecular formula is C9H10FNO3. The Bertz CT molecular complexity index is 341. The number of phenolic OH excluding ortho intramolecular Hbond substituents is 1. The lowest BCUT2D eigenvalue weighted by Gasteiger charge is -2.02. The van der Waals surface area contributed by atoms with E-state index in [9.17, 15) is 9.18 Å². The van der Waals surface area contributed by atoms with E-state index in [1.54, 1.807) is 6.07 Å².